The van der Waals surface area contributed by atoms with Crippen molar-refractivity contribution >= 4 is 17.3 Å². The maximum absolute atomic E-state index is 11.0. The number of piperidine rings is 1. The number of aromatic nitrogens is 3. The molecule has 3 aromatic rings. The second-order valence-corrected chi connectivity index (χ2v) is 7.93. The second-order valence-electron chi connectivity index (χ2n) is 7.93. The predicted molar refractivity (Wildman–Crippen MR) is 116 cm³/mol. The van der Waals surface area contributed by atoms with Crippen LogP contribution in [0, 0.1) is 0 Å². The first-order valence-electron chi connectivity index (χ1n) is 10.5. The van der Waals surface area contributed by atoms with E-state index >= 15 is 0 Å². The van der Waals surface area contributed by atoms with Crippen LogP contribution in [-0.2, 0) is 13.0 Å². The van der Waals surface area contributed by atoms with Crippen molar-refractivity contribution in [1.82, 2.24) is 19.9 Å². The Morgan fingerprint density at radius 3 is 2.80 bits per heavy atom. The minimum atomic E-state index is -0.409. The number of benzene rings is 1. The molecule has 1 saturated heterocycles. The first-order chi connectivity index (χ1) is 14.8. The van der Waals surface area contributed by atoms with Gasteiger partial charge in [-0.15, -0.1) is 0 Å². The molecule has 1 fully saturated rings. The molecule has 0 bridgehead atoms. The van der Waals surface area contributed by atoms with Crippen LogP contribution in [0.15, 0.2) is 61.2 Å². The van der Waals surface area contributed by atoms with E-state index in [1.807, 2.05) is 18.2 Å². The largest absolute Gasteiger partial charge is 0.390 e. The summed E-state index contributed by atoms with van der Waals surface area (Å²) < 4.78 is 0. The van der Waals surface area contributed by atoms with Gasteiger partial charge in [0.2, 0.25) is 0 Å². The Balaban J connectivity index is 1.40. The monoisotopic (exact) mass is 402 g/mol. The highest BCUT2D eigenvalue weighted by Gasteiger charge is 2.37. The number of nitrogens with zero attached hydrogens (tertiary/aromatic N) is 5. The summed E-state index contributed by atoms with van der Waals surface area (Å²) in [4.78, 5) is 17.7. The van der Waals surface area contributed by atoms with Gasteiger partial charge in [0.25, 0.3) is 0 Å². The summed E-state index contributed by atoms with van der Waals surface area (Å²) in [6.45, 7) is 2.64. The van der Waals surface area contributed by atoms with Crippen LogP contribution in [0.4, 0.5) is 17.3 Å². The Bertz CT molecular complexity index is 998. The Labute approximate surface area is 176 Å². The van der Waals surface area contributed by atoms with Crippen LogP contribution < -0.4 is 10.2 Å². The number of hydrogen-bond donors (Lipinski definition) is 2. The molecule has 0 saturated carbocycles. The molecule has 5 rings (SSSR count). The molecule has 30 heavy (non-hydrogen) atoms. The quantitative estimate of drug-likeness (QED) is 0.695. The lowest BCUT2D eigenvalue weighted by Crippen LogP contribution is -2.59. The van der Waals surface area contributed by atoms with Gasteiger partial charge >= 0.3 is 0 Å². The highest BCUT2D eigenvalue weighted by atomic mass is 16.3. The zero-order chi connectivity index (χ0) is 20.3. The summed E-state index contributed by atoms with van der Waals surface area (Å²) in [5.74, 6) is 1.55. The summed E-state index contributed by atoms with van der Waals surface area (Å²) >= 11 is 0. The average Bonchev–Trinajstić information content (AvgIpc) is 2.79. The molecule has 2 unspecified atom stereocenters. The number of fused-ring (bicyclic) bond motifs is 1. The molecule has 2 aliphatic rings. The zero-order valence-corrected chi connectivity index (χ0v) is 16.9. The van der Waals surface area contributed by atoms with Gasteiger partial charge in [-0.1, -0.05) is 24.3 Å². The van der Waals surface area contributed by atoms with Crippen LogP contribution in [0.2, 0.25) is 0 Å². The molecule has 2 aromatic heterocycles. The fraction of sp³-hybridized carbons (Fsp3) is 0.348. The van der Waals surface area contributed by atoms with Crippen molar-refractivity contribution in [3.05, 3.63) is 72.3 Å². The number of anilines is 3. The number of pyridine rings is 1. The van der Waals surface area contributed by atoms with Crippen LogP contribution in [0.25, 0.3) is 0 Å². The van der Waals surface area contributed by atoms with E-state index in [0.29, 0.717) is 0 Å². The van der Waals surface area contributed by atoms with Crippen molar-refractivity contribution in [2.75, 3.05) is 23.3 Å². The minimum Gasteiger partial charge on any atom is -0.390 e. The van der Waals surface area contributed by atoms with E-state index in [9.17, 15) is 5.11 Å². The Hall–Kier alpha value is -3.03. The molecule has 4 heterocycles. The van der Waals surface area contributed by atoms with Gasteiger partial charge in [0.15, 0.2) is 0 Å². The number of aliphatic hydroxyl groups excluding tert-OH is 1. The van der Waals surface area contributed by atoms with E-state index in [0.717, 1.165) is 56.2 Å². The third kappa shape index (κ3) is 3.86. The molecule has 1 aromatic carbocycles. The maximum Gasteiger partial charge on any atom is 0.135 e. The molecule has 2 N–H and O–H groups in total. The van der Waals surface area contributed by atoms with Crippen LogP contribution in [0.5, 0.6) is 0 Å². The number of nitrogens with one attached hydrogen (secondary N) is 1. The normalized spacial score (nSPS) is 21.8. The Morgan fingerprint density at radius 2 is 1.93 bits per heavy atom. The summed E-state index contributed by atoms with van der Waals surface area (Å²) in [5, 5.41) is 14.2. The van der Waals surface area contributed by atoms with Gasteiger partial charge < -0.3 is 15.3 Å². The molecule has 154 valence electrons. The summed E-state index contributed by atoms with van der Waals surface area (Å²) in [6, 6.07) is 14.4. The van der Waals surface area contributed by atoms with E-state index in [2.05, 4.69) is 54.3 Å². The van der Waals surface area contributed by atoms with E-state index in [-0.39, 0.29) is 6.17 Å². The molecular formula is C23H26N6O. The highest BCUT2D eigenvalue weighted by Crippen LogP contribution is 2.30. The molecule has 0 aliphatic carbocycles. The number of aliphatic hydroxyl groups is 1. The van der Waals surface area contributed by atoms with Crippen molar-refractivity contribution in [3.63, 3.8) is 0 Å². The smallest absolute Gasteiger partial charge is 0.135 e. The van der Waals surface area contributed by atoms with Crippen molar-refractivity contribution in [2.24, 2.45) is 0 Å². The topological polar surface area (TPSA) is 77.4 Å². The van der Waals surface area contributed by atoms with Crippen LogP contribution in [-0.4, -0.2) is 50.3 Å². The molecular weight excluding hydrogens is 376 g/mol. The van der Waals surface area contributed by atoms with Gasteiger partial charge in [0.05, 0.1) is 18.0 Å². The van der Waals surface area contributed by atoms with Crippen LogP contribution in [0.1, 0.15) is 24.0 Å². The van der Waals surface area contributed by atoms with E-state index in [4.69, 9.17) is 0 Å². The first kappa shape index (κ1) is 19.0. The van der Waals surface area contributed by atoms with Crippen molar-refractivity contribution in [3.8, 4) is 0 Å². The fourth-order valence-corrected chi connectivity index (χ4v) is 4.55. The molecule has 0 radical (unpaired) electrons. The van der Waals surface area contributed by atoms with E-state index < -0.39 is 6.10 Å². The predicted octanol–water partition coefficient (Wildman–Crippen LogP) is 2.96. The third-order valence-electron chi connectivity index (χ3n) is 5.98. The second kappa shape index (κ2) is 8.38. The molecule has 7 nitrogen and oxygen atoms in total. The minimum absolute atomic E-state index is 0.0896. The van der Waals surface area contributed by atoms with Crippen molar-refractivity contribution in [1.29, 1.82) is 0 Å². The molecule has 0 spiro atoms. The molecule has 2 atom stereocenters. The average molecular weight is 403 g/mol. The summed E-state index contributed by atoms with van der Waals surface area (Å²) in [5.41, 5.74) is 3.64. The van der Waals surface area contributed by atoms with E-state index in [1.165, 1.54) is 11.1 Å². The van der Waals surface area contributed by atoms with Gasteiger partial charge in [-0.05, 0) is 42.5 Å². The van der Waals surface area contributed by atoms with Gasteiger partial charge in [-0.3, -0.25) is 9.88 Å². The van der Waals surface area contributed by atoms with Crippen molar-refractivity contribution < 1.29 is 5.11 Å². The van der Waals surface area contributed by atoms with Crippen molar-refractivity contribution in [2.45, 2.75) is 38.1 Å². The number of rotatable bonds is 4. The third-order valence-corrected chi connectivity index (χ3v) is 5.98. The van der Waals surface area contributed by atoms with E-state index in [1.54, 1.807) is 18.7 Å². The SMILES string of the molecule is OC1CCCN(c2cc(Nc3cccnc3)ncn2)C1N1CCc2ccccc2C1. The molecule has 7 heteroatoms. The van der Waals surface area contributed by atoms with Gasteiger partial charge in [0.1, 0.15) is 24.1 Å². The molecule has 0 amide bonds. The maximum atomic E-state index is 11.0. The lowest BCUT2D eigenvalue weighted by atomic mass is 9.96. The first-order valence-corrected chi connectivity index (χ1v) is 10.5. The fourth-order valence-electron chi connectivity index (χ4n) is 4.55. The highest BCUT2D eigenvalue weighted by molar-refractivity contribution is 5.58. The summed E-state index contributed by atoms with van der Waals surface area (Å²) in [7, 11) is 0. The molecule has 2 aliphatic heterocycles. The lowest BCUT2D eigenvalue weighted by Gasteiger charge is -2.47. The van der Waals surface area contributed by atoms with Gasteiger partial charge in [-0.25, -0.2) is 9.97 Å². The summed E-state index contributed by atoms with van der Waals surface area (Å²) in [6.07, 6.45) is 7.35. The Kier molecular flexibility index (Phi) is 5.29. The zero-order valence-electron chi connectivity index (χ0n) is 16.9. The van der Waals surface area contributed by atoms with Gasteiger partial charge in [0, 0.05) is 31.9 Å². The Morgan fingerprint density at radius 1 is 1.03 bits per heavy atom. The standard InChI is InChI=1S/C23H26N6O/c30-20-8-4-11-29(23(20)28-12-9-17-5-1-2-6-18(17)15-28)22-13-21(25-16-26-22)27-19-7-3-10-24-14-19/h1-3,5-7,10,13-14,16,20,23,30H,4,8-9,11-12,15H2,(H,25,26,27). The van der Waals surface area contributed by atoms with Gasteiger partial charge in [-0.2, -0.15) is 0 Å². The van der Waals surface area contributed by atoms with Crippen LogP contribution in [0.3, 0.4) is 0 Å². The lowest BCUT2D eigenvalue weighted by molar-refractivity contribution is 0.0191. The number of hydrogen-bond acceptors (Lipinski definition) is 7. The van der Waals surface area contributed by atoms with Crippen LogP contribution >= 0.6 is 0 Å².